The highest BCUT2D eigenvalue weighted by atomic mass is 16.6. The fourth-order valence-corrected chi connectivity index (χ4v) is 4.18. The van der Waals surface area contributed by atoms with Gasteiger partial charge in [0.05, 0.1) is 0 Å². The second-order valence-corrected chi connectivity index (χ2v) is 8.37. The molecule has 1 aliphatic heterocycles. The molecule has 1 saturated carbocycles. The maximum absolute atomic E-state index is 13.0. The third-order valence-electron chi connectivity index (χ3n) is 5.89. The van der Waals surface area contributed by atoms with Crippen LogP contribution in [0.15, 0.2) is 30.3 Å². The fraction of sp³-hybridized carbons (Fsp3) is 0.565. The first kappa shape index (κ1) is 22.8. The van der Waals surface area contributed by atoms with Gasteiger partial charge in [-0.1, -0.05) is 62.4 Å². The van der Waals surface area contributed by atoms with Crippen LogP contribution >= 0.6 is 0 Å². The monoisotopic (exact) mass is 429 g/mol. The van der Waals surface area contributed by atoms with Crippen molar-refractivity contribution in [2.75, 3.05) is 0 Å². The van der Waals surface area contributed by atoms with Crippen LogP contribution in [0.2, 0.25) is 0 Å². The Morgan fingerprint density at radius 3 is 2.48 bits per heavy atom. The lowest BCUT2D eigenvalue weighted by atomic mass is 9.84. The number of ether oxygens (including phenoxy) is 1. The van der Waals surface area contributed by atoms with E-state index in [0.29, 0.717) is 18.8 Å². The zero-order valence-electron chi connectivity index (χ0n) is 17.9. The molecule has 3 amide bonds. The molecule has 8 nitrogen and oxygen atoms in total. The number of amides is 3. The van der Waals surface area contributed by atoms with Gasteiger partial charge in [-0.3, -0.25) is 19.2 Å². The van der Waals surface area contributed by atoms with Gasteiger partial charge in [0.1, 0.15) is 6.04 Å². The Bertz CT molecular complexity index is 792. The van der Waals surface area contributed by atoms with Crippen LogP contribution in [0.25, 0.3) is 0 Å². The highest BCUT2D eigenvalue weighted by Crippen LogP contribution is 2.27. The normalized spacial score (nSPS) is 21.9. The number of nitrogens with one attached hydrogen (secondary N) is 3. The topological polar surface area (TPSA) is 114 Å². The lowest BCUT2D eigenvalue weighted by Gasteiger charge is -2.37. The second-order valence-electron chi connectivity index (χ2n) is 8.37. The van der Waals surface area contributed by atoms with Crippen molar-refractivity contribution in [1.82, 2.24) is 16.0 Å². The Balaban J connectivity index is 1.59. The van der Waals surface area contributed by atoms with Gasteiger partial charge in [-0.2, -0.15) is 0 Å². The number of hydrogen-bond donors (Lipinski definition) is 3. The summed E-state index contributed by atoms with van der Waals surface area (Å²) in [6, 6.07) is 8.04. The third kappa shape index (κ3) is 6.80. The molecule has 1 aromatic carbocycles. The molecule has 1 heterocycles. The predicted octanol–water partition coefficient (Wildman–Crippen LogP) is 1.58. The van der Waals surface area contributed by atoms with Crippen LogP contribution in [0, 0.1) is 5.92 Å². The molecule has 3 atom stereocenters. The van der Waals surface area contributed by atoms with Crippen molar-refractivity contribution in [2.45, 2.75) is 76.6 Å². The smallest absolute Gasteiger partial charge is 0.304 e. The number of benzene rings is 1. The van der Waals surface area contributed by atoms with Crippen LogP contribution in [0.3, 0.4) is 0 Å². The summed E-state index contributed by atoms with van der Waals surface area (Å²) in [5.74, 6) is -1.22. The molecular formula is C23H31N3O5. The Morgan fingerprint density at radius 1 is 1.13 bits per heavy atom. The van der Waals surface area contributed by atoms with Gasteiger partial charge in [0.15, 0.2) is 6.04 Å². The van der Waals surface area contributed by atoms with Crippen LogP contribution in [0.5, 0.6) is 0 Å². The molecule has 1 saturated heterocycles. The number of β-lactam (4-membered cyclic amide) rings is 1. The molecule has 8 heteroatoms. The van der Waals surface area contributed by atoms with E-state index in [4.69, 9.17) is 4.74 Å². The van der Waals surface area contributed by atoms with Crippen molar-refractivity contribution in [3.05, 3.63) is 35.9 Å². The number of carbonyl (C=O) groups excluding carboxylic acids is 4. The highest BCUT2D eigenvalue weighted by Gasteiger charge is 2.44. The van der Waals surface area contributed by atoms with Crippen molar-refractivity contribution in [2.24, 2.45) is 5.92 Å². The van der Waals surface area contributed by atoms with E-state index in [1.165, 1.54) is 13.3 Å². The molecule has 2 aliphatic rings. The van der Waals surface area contributed by atoms with E-state index < -0.39 is 36.1 Å². The van der Waals surface area contributed by atoms with Crippen molar-refractivity contribution in [1.29, 1.82) is 0 Å². The van der Waals surface area contributed by atoms with Gasteiger partial charge in [0.25, 0.3) is 5.91 Å². The molecule has 168 valence electrons. The van der Waals surface area contributed by atoms with Crippen LogP contribution < -0.4 is 16.0 Å². The molecule has 0 aromatic heterocycles. The Hall–Kier alpha value is -2.90. The van der Waals surface area contributed by atoms with Crippen LogP contribution in [-0.2, 0) is 30.3 Å². The number of carbonyl (C=O) groups is 4. The van der Waals surface area contributed by atoms with E-state index in [1.54, 1.807) is 0 Å². The van der Waals surface area contributed by atoms with E-state index in [9.17, 15) is 19.2 Å². The van der Waals surface area contributed by atoms with Gasteiger partial charge in [0.2, 0.25) is 18.0 Å². The zero-order valence-corrected chi connectivity index (χ0v) is 17.9. The first-order valence-corrected chi connectivity index (χ1v) is 11.0. The van der Waals surface area contributed by atoms with E-state index in [2.05, 4.69) is 16.0 Å². The van der Waals surface area contributed by atoms with Crippen LogP contribution in [0.1, 0.15) is 57.4 Å². The molecular weight excluding hydrogens is 398 g/mol. The van der Waals surface area contributed by atoms with Crippen molar-refractivity contribution in [3.8, 4) is 0 Å². The van der Waals surface area contributed by atoms with Crippen LogP contribution in [0.4, 0.5) is 0 Å². The van der Waals surface area contributed by atoms with Crippen molar-refractivity contribution in [3.63, 3.8) is 0 Å². The average Bonchev–Trinajstić information content (AvgIpc) is 2.76. The van der Waals surface area contributed by atoms with Gasteiger partial charge in [-0.15, -0.1) is 0 Å². The molecule has 2 fully saturated rings. The average molecular weight is 430 g/mol. The summed E-state index contributed by atoms with van der Waals surface area (Å²) in [5, 5.41) is 7.96. The fourth-order valence-electron chi connectivity index (χ4n) is 4.18. The lowest BCUT2D eigenvalue weighted by molar-refractivity contribution is -0.164. The van der Waals surface area contributed by atoms with Gasteiger partial charge in [0, 0.05) is 13.3 Å². The summed E-state index contributed by atoms with van der Waals surface area (Å²) >= 11 is 0. The highest BCUT2D eigenvalue weighted by molar-refractivity contribution is 5.95. The number of esters is 1. The van der Waals surface area contributed by atoms with Gasteiger partial charge in [-0.25, -0.2) is 0 Å². The molecule has 3 N–H and O–H groups in total. The molecule has 0 spiro atoms. The summed E-state index contributed by atoms with van der Waals surface area (Å²) in [4.78, 5) is 48.6. The van der Waals surface area contributed by atoms with Gasteiger partial charge in [-0.05, 0) is 24.3 Å². The first-order valence-electron chi connectivity index (χ1n) is 11.0. The minimum absolute atomic E-state index is 0.200. The van der Waals surface area contributed by atoms with Crippen molar-refractivity contribution < 1.29 is 23.9 Å². The van der Waals surface area contributed by atoms with Gasteiger partial charge < -0.3 is 20.7 Å². The first-order chi connectivity index (χ1) is 14.9. The summed E-state index contributed by atoms with van der Waals surface area (Å²) < 4.78 is 5.00. The van der Waals surface area contributed by atoms with E-state index in [0.717, 1.165) is 31.2 Å². The lowest BCUT2D eigenvalue weighted by Crippen LogP contribution is -2.71. The third-order valence-corrected chi connectivity index (χ3v) is 5.89. The Labute approximate surface area is 182 Å². The summed E-state index contributed by atoms with van der Waals surface area (Å²) in [7, 11) is 0. The largest absolute Gasteiger partial charge is 0.439 e. The van der Waals surface area contributed by atoms with Crippen LogP contribution in [-0.4, -0.2) is 42.0 Å². The maximum Gasteiger partial charge on any atom is 0.304 e. The molecule has 1 aromatic rings. The minimum Gasteiger partial charge on any atom is -0.439 e. The molecule has 0 radical (unpaired) electrons. The standard InChI is InChI=1S/C23H31N3O5/c1-15(27)31-23-20(22(30)26-23)25-21(29)18(14-17-10-6-3-7-11-17)24-19(28)13-12-16-8-4-2-5-9-16/h2,4-5,8-9,17-18,20,23H,3,6-7,10-14H2,1H3,(H,24,28)(H,25,29)(H,26,30)/t18-,20+,23-/m0/s1. The minimum atomic E-state index is -0.938. The van der Waals surface area contributed by atoms with E-state index in [-0.39, 0.29) is 12.3 Å². The summed E-state index contributed by atoms with van der Waals surface area (Å²) in [6.45, 7) is 1.24. The Morgan fingerprint density at radius 2 is 1.84 bits per heavy atom. The SMILES string of the molecule is CC(=O)O[C@@H]1NC(=O)[C@H]1NC(=O)[C@H](CC1CCCCC1)NC(=O)CCc1ccccc1. The molecule has 3 rings (SSSR count). The van der Waals surface area contributed by atoms with Gasteiger partial charge >= 0.3 is 5.97 Å². The Kier molecular flexibility index (Phi) is 8.03. The molecule has 0 bridgehead atoms. The molecule has 1 aliphatic carbocycles. The van der Waals surface area contributed by atoms with E-state index >= 15 is 0 Å². The molecule has 31 heavy (non-hydrogen) atoms. The quantitative estimate of drug-likeness (QED) is 0.407. The predicted molar refractivity (Wildman–Crippen MR) is 114 cm³/mol. The van der Waals surface area contributed by atoms with E-state index in [1.807, 2.05) is 30.3 Å². The summed E-state index contributed by atoms with van der Waals surface area (Å²) in [5.41, 5.74) is 1.06. The molecule has 0 unspecified atom stereocenters. The zero-order chi connectivity index (χ0) is 22.2. The number of rotatable bonds is 9. The number of aryl methyl sites for hydroxylation is 1. The second kappa shape index (κ2) is 10.9. The maximum atomic E-state index is 13.0. The number of hydrogen-bond acceptors (Lipinski definition) is 5. The summed E-state index contributed by atoms with van der Waals surface area (Å²) in [6.07, 6.45) is 6.04. The van der Waals surface area contributed by atoms with Crippen molar-refractivity contribution >= 4 is 23.7 Å².